The summed E-state index contributed by atoms with van der Waals surface area (Å²) in [7, 11) is 0. The zero-order valence-electron chi connectivity index (χ0n) is 28.5. The maximum absolute atomic E-state index is 11.4. The van der Waals surface area contributed by atoms with E-state index in [0.29, 0.717) is 6.04 Å². The number of ketones is 1. The SMILES string of the molecule is CC(C)C(=O)COC1C#CCCCCC1.CC(C)C1C2CC#CCCC21.CC(C)N1Cc2ccccc2C#Cc2ccccc21. The van der Waals surface area contributed by atoms with Gasteiger partial charge in [0.25, 0.3) is 0 Å². The smallest absolute Gasteiger partial charge is 0.161 e. The highest BCUT2D eigenvalue weighted by molar-refractivity contribution is 5.81. The van der Waals surface area contributed by atoms with Crippen molar-refractivity contribution in [3.63, 3.8) is 0 Å². The van der Waals surface area contributed by atoms with Gasteiger partial charge in [0.1, 0.15) is 12.7 Å². The molecule has 1 saturated carbocycles. The number of fused-ring (bicyclic) bond motifs is 3. The molecule has 1 fully saturated rings. The number of para-hydroxylation sites is 1. The molecule has 3 heteroatoms. The maximum atomic E-state index is 11.4. The summed E-state index contributed by atoms with van der Waals surface area (Å²) >= 11 is 0. The number of anilines is 1. The molecular formula is C42H53NO2. The van der Waals surface area contributed by atoms with Crippen molar-refractivity contribution >= 4 is 11.5 Å². The Hall–Kier alpha value is -3.45. The van der Waals surface area contributed by atoms with Gasteiger partial charge in [-0.05, 0) is 87.0 Å². The average molecular weight is 604 g/mol. The Kier molecular flexibility index (Phi) is 13.2. The van der Waals surface area contributed by atoms with Crippen LogP contribution in [0.4, 0.5) is 5.69 Å². The summed E-state index contributed by atoms with van der Waals surface area (Å²) in [6.45, 7) is 14.1. The topological polar surface area (TPSA) is 29.5 Å². The van der Waals surface area contributed by atoms with Crippen molar-refractivity contribution in [2.24, 2.45) is 29.6 Å². The Labute approximate surface area is 273 Å². The molecule has 3 nitrogen and oxygen atoms in total. The van der Waals surface area contributed by atoms with Gasteiger partial charge in [-0.3, -0.25) is 4.79 Å². The van der Waals surface area contributed by atoms with Crippen molar-refractivity contribution < 1.29 is 9.53 Å². The zero-order valence-corrected chi connectivity index (χ0v) is 28.5. The first kappa shape index (κ1) is 34.4. The van der Waals surface area contributed by atoms with E-state index >= 15 is 0 Å². The lowest BCUT2D eigenvalue weighted by Crippen LogP contribution is -2.31. The van der Waals surface area contributed by atoms with Gasteiger partial charge in [0, 0.05) is 48.9 Å². The van der Waals surface area contributed by atoms with Crippen molar-refractivity contribution in [1.82, 2.24) is 0 Å². The van der Waals surface area contributed by atoms with Crippen LogP contribution in [0.25, 0.3) is 0 Å². The quantitative estimate of drug-likeness (QED) is 0.309. The Morgan fingerprint density at radius 2 is 1.56 bits per heavy atom. The molecule has 4 atom stereocenters. The molecule has 2 aromatic rings. The number of nitrogens with zero attached hydrogens (tertiary/aromatic N) is 1. The van der Waals surface area contributed by atoms with Crippen LogP contribution in [0.3, 0.4) is 0 Å². The largest absolute Gasteiger partial charge is 0.364 e. The molecule has 6 rings (SSSR count). The third-order valence-corrected chi connectivity index (χ3v) is 9.36. The monoisotopic (exact) mass is 603 g/mol. The molecule has 0 aromatic heterocycles. The number of carbonyl (C=O) groups is 1. The van der Waals surface area contributed by atoms with E-state index < -0.39 is 0 Å². The summed E-state index contributed by atoms with van der Waals surface area (Å²) in [5, 5.41) is 0. The fraction of sp³-hybridized carbons (Fsp3) is 0.548. The summed E-state index contributed by atoms with van der Waals surface area (Å²) in [5.41, 5.74) is 4.80. The predicted molar refractivity (Wildman–Crippen MR) is 188 cm³/mol. The molecule has 1 heterocycles. The molecule has 2 aromatic carbocycles. The van der Waals surface area contributed by atoms with Crippen molar-refractivity contribution in [2.75, 3.05) is 11.5 Å². The molecule has 4 unspecified atom stereocenters. The number of hydrogen-bond donors (Lipinski definition) is 0. The minimum atomic E-state index is -0.0204. The molecule has 45 heavy (non-hydrogen) atoms. The van der Waals surface area contributed by atoms with Crippen LogP contribution in [0.1, 0.15) is 110 Å². The summed E-state index contributed by atoms with van der Waals surface area (Å²) in [4.78, 5) is 13.8. The molecule has 0 radical (unpaired) electrons. The maximum Gasteiger partial charge on any atom is 0.161 e. The molecule has 0 amide bonds. The average Bonchev–Trinajstić information content (AvgIpc) is 3.74. The van der Waals surface area contributed by atoms with Crippen LogP contribution in [0.2, 0.25) is 0 Å². The zero-order chi connectivity index (χ0) is 32.2. The van der Waals surface area contributed by atoms with E-state index in [2.05, 4.69) is 117 Å². The molecular weight excluding hydrogens is 550 g/mol. The highest BCUT2D eigenvalue weighted by atomic mass is 16.5. The van der Waals surface area contributed by atoms with Crippen molar-refractivity contribution in [2.45, 2.75) is 112 Å². The Morgan fingerprint density at radius 1 is 0.822 bits per heavy atom. The van der Waals surface area contributed by atoms with Crippen molar-refractivity contribution in [1.29, 1.82) is 0 Å². The molecule has 0 bridgehead atoms. The second-order valence-corrected chi connectivity index (χ2v) is 13.7. The highest BCUT2D eigenvalue weighted by Gasteiger charge is 2.50. The van der Waals surface area contributed by atoms with Crippen molar-refractivity contribution in [3.8, 4) is 35.5 Å². The first-order valence-corrected chi connectivity index (χ1v) is 17.3. The van der Waals surface area contributed by atoms with E-state index in [-0.39, 0.29) is 24.4 Å². The third-order valence-electron chi connectivity index (χ3n) is 9.36. The van der Waals surface area contributed by atoms with Gasteiger partial charge in [0.15, 0.2) is 5.78 Å². The minimum absolute atomic E-state index is 0.0204. The number of benzene rings is 2. The van der Waals surface area contributed by atoms with E-state index in [0.717, 1.165) is 67.0 Å². The Morgan fingerprint density at radius 3 is 2.31 bits per heavy atom. The van der Waals surface area contributed by atoms with Crippen LogP contribution in [-0.4, -0.2) is 24.5 Å². The summed E-state index contributed by atoms with van der Waals surface area (Å²) < 4.78 is 5.52. The predicted octanol–water partition coefficient (Wildman–Crippen LogP) is 9.07. The standard InChI is InChI=1S/C18H17N.C13H20O2.C11H16/c1-14(2)19-13-17-9-4-3-7-15(17)11-12-16-8-5-6-10-18(16)19;1-11(2)13(14)10-15-12-8-6-4-3-5-7-9-12;1-8(2)11-9-6-4-3-5-7-10(9)11/h3-10,14H,13H2,1-2H3;11-12H,3-6,8,10H2,1-2H3;8-11H,4,6-7H2,1-2H3. The van der Waals surface area contributed by atoms with Crippen LogP contribution < -0.4 is 4.90 Å². The number of carbonyl (C=O) groups excluding carboxylic acids is 1. The first-order valence-electron chi connectivity index (χ1n) is 17.3. The number of Topliss-reactive ketones (excluding diaryl/α,β-unsaturated/α-hetero) is 1. The van der Waals surface area contributed by atoms with Gasteiger partial charge in [-0.25, -0.2) is 0 Å². The lowest BCUT2D eigenvalue weighted by atomic mass is 10.0. The van der Waals surface area contributed by atoms with Crippen LogP contribution in [-0.2, 0) is 16.1 Å². The van der Waals surface area contributed by atoms with Crippen LogP contribution in [0, 0.1) is 65.1 Å². The van der Waals surface area contributed by atoms with Gasteiger partial charge >= 0.3 is 0 Å². The Bertz CT molecular complexity index is 1450. The third kappa shape index (κ3) is 10.3. The minimum Gasteiger partial charge on any atom is -0.364 e. The molecule has 4 aliphatic rings. The fourth-order valence-electron chi connectivity index (χ4n) is 6.60. The second kappa shape index (κ2) is 17.3. The van der Waals surface area contributed by atoms with Gasteiger partial charge in [-0.1, -0.05) is 82.2 Å². The van der Waals surface area contributed by atoms with Crippen LogP contribution >= 0.6 is 0 Å². The van der Waals surface area contributed by atoms with E-state index in [1.54, 1.807) is 0 Å². The van der Waals surface area contributed by atoms with Gasteiger partial charge < -0.3 is 9.64 Å². The van der Waals surface area contributed by atoms with Gasteiger partial charge in [0.05, 0.1) is 5.69 Å². The molecule has 0 saturated heterocycles. The van der Waals surface area contributed by atoms with Crippen LogP contribution in [0.5, 0.6) is 0 Å². The highest BCUT2D eigenvalue weighted by Crippen LogP contribution is 2.55. The van der Waals surface area contributed by atoms with E-state index in [1.807, 2.05) is 13.8 Å². The number of rotatable bonds is 6. The van der Waals surface area contributed by atoms with Gasteiger partial charge in [-0.2, -0.15) is 0 Å². The molecule has 0 spiro atoms. The number of ether oxygens (including phenoxy) is 1. The van der Waals surface area contributed by atoms with Crippen LogP contribution in [0.15, 0.2) is 48.5 Å². The first-order chi connectivity index (χ1) is 21.8. The van der Waals surface area contributed by atoms with Crippen molar-refractivity contribution in [3.05, 3.63) is 65.2 Å². The molecule has 1 aliphatic heterocycles. The Balaban J connectivity index is 0.000000159. The van der Waals surface area contributed by atoms with Gasteiger partial charge in [0.2, 0.25) is 0 Å². The molecule has 238 valence electrons. The second-order valence-electron chi connectivity index (χ2n) is 13.7. The van der Waals surface area contributed by atoms with E-state index in [9.17, 15) is 4.79 Å². The van der Waals surface area contributed by atoms with E-state index in [4.69, 9.17) is 4.74 Å². The molecule has 3 aliphatic carbocycles. The van der Waals surface area contributed by atoms with Gasteiger partial charge in [-0.15, -0.1) is 17.8 Å². The number of hydrogen-bond acceptors (Lipinski definition) is 3. The summed E-state index contributed by atoms with van der Waals surface area (Å²) in [6, 6.07) is 17.3. The fourth-order valence-corrected chi connectivity index (χ4v) is 6.60. The summed E-state index contributed by atoms with van der Waals surface area (Å²) in [5.74, 6) is 23.4. The lowest BCUT2D eigenvalue weighted by Gasteiger charge is -2.31. The lowest BCUT2D eigenvalue weighted by molar-refractivity contribution is -0.127. The normalized spacial score (nSPS) is 22.5. The molecule has 0 N–H and O–H groups in total. The summed E-state index contributed by atoms with van der Waals surface area (Å²) in [6.07, 6.45) is 9.23. The van der Waals surface area contributed by atoms with E-state index in [1.165, 1.54) is 36.9 Å².